The maximum atomic E-state index is 11.8. The Morgan fingerprint density at radius 3 is 2.44 bits per heavy atom. The molecular weight excluding hydrogens is 346 g/mol. The molecule has 27 heavy (non-hydrogen) atoms. The number of amides is 1. The van der Waals surface area contributed by atoms with Crippen molar-refractivity contribution >= 4 is 17.7 Å². The summed E-state index contributed by atoms with van der Waals surface area (Å²) in [6.45, 7) is 0. The third-order valence-corrected chi connectivity index (χ3v) is 5.70. The first kappa shape index (κ1) is 19.8. The number of hydrogen-bond acceptors (Lipinski definition) is 7. The van der Waals surface area contributed by atoms with Crippen LogP contribution < -0.4 is 16.4 Å². The zero-order chi connectivity index (χ0) is 19.2. The highest BCUT2D eigenvalue weighted by Gasteiger charge is 2.25. The average Bonchev–Trinajstić information content (AvgIpc) is 2.68. The summed E-state index contributed by atoms with van der Waals surface area (Å²) in [5.41, 5.74) is 5.84. The third-order valence-electron chi connectivity index (χ3n) is 5.70. The van der Waals surface area contributed by atoms with E-state index in [1.807, 2.05) is 0 Å². The Bertz CT molecular complexity index is 634. The highest BCUT2D eigenvalue weighted by atomic mass is 16.5. The number of nitrogens with one attached hydrogen (secondary N) is 2. The van der Waals surface area contributed by atoms with E-state index in [9.17, 15) is 4.79 Å². The van der Waals surface area contributed by atoms with Crippen molar-refractivity contribution in [1.82, 2.24) is 9.97 Å². The van der Waals surface area contributed by atoms with E-state index in [0.717, 1.165) is 51.4 Å². The Morgan fingerprint density at radius 1 is 1.04 bits per heavy atom. The Kier molecular flexibility index (Phi) is 6.84. The van der Waals surface area contributed by atoms with Crippen molar-refractivity contribution in [2.75, 3.05) is 24.9 Å². The second-order valence-electron chi connectivity index (χ2n) is 7.54. The van der Waals surface area contributed by atoms with E-state index < -0.39 is 5.91 Å². The van der Waals surface area contributed by atoms with Crippen LogP contribution in [0.4, 0.5) is 11.8 Å². The van der Waals surface area contributed by atoms with Crippen molar-refractivity contribution in [1.29, 1.82) is 0 Å². The summed E-state index contributed by atoms with van der Waals surface area (Å²) in [6, 6.07) is 0.526. The smallest absolute Gasteiger partial charge is 0.254 e. The molecule has 0 radical (unpaired) electrons. The minimum atomic E-state index is -0.524. The van der Waals surface area contributed by atoms with E-state index in [1.165, 1.54) is 6.20 Å². The van der Waals surface area contributed by atoms with Crippen molar-refractivity contribution in [2.24, 2.45) is 5.73 Å². The number of aromatic nitrogens is 2. The molecular formula is C19H31N5O3. The predicted octanol–water partition coefficient (Wildman–Crippen LogP) is 2.31. The van der Waals surface area contributed by atoms with E-state index in [2.05, 4.69) is 20.6 Å². The molecule has 8 nitrogen and oxygen atoms in total. The highest BCUT2D eigenvalue weighted by molar-refractivity contribution is 5.97. The number of carbonyl (C=O) groups excluding carboxylic acids is 1. The fourth-order valence-corrected chi connectivity index (χ4v) is 4.05. The molecule has 2 saturated carbocycles. The van der Waals surface area contributed by atoms with Gasteiger partial charge < -0.3 is 25.8 Å². The van der Waals surface area contributed by atoms with Gasteiger partial charge in [-0.25, -0.2) is 4.98 Å². The molecule has 4 N–H and O–H groups in total. The van der Waals surface area contributed by atoms with E-state index in [0.29, 0.717) is 29.5 Å². The first-order valence-electron chi connectivity index (χ1n) is 9.84. The summed E-state index contributed by atoms with van der Waals surface area (Å²) in [4.78, 5) is 20.7. The third kappa shape index (κ3) is 5.29. The molecule has 0 saturated heterocycles. The van der Waals surface area contributed by atoms with Gasteiger partial charge in [-0.05, 0) is 51.4 Å². The quantitative estimate of drug-likeness (QED) is 0.668. The van der Waals surface area contributed by atoms with Crippen LogP contribution in [0.25, 0.3) is 0 Å². The summed E-state index contributed by atoms with van der Waals surface area (Å²) in [5, 5.41) is 6.79. The van der Waals surface area contributed by atoms with E-state index in [4.69, 9.17) is 15.2 Å². The fourth-order valence-electron chi connectivity index (χ4n) is 4.05. The Hall–Kier alpha value is -1.93. The lowest BCUT2D eigenvalue weighted by Crippen LogP contribution is -2.33. The van der Waals surface area contributed by atoms with E-state index >= 15 is 0 Å². The minimum Gasteiger partial charge on any atom is -0.381 e. The maximum Gasteiger partial charge on any atom is 0.254 e. The summed E-state index contributed by atoms with van der Waals surface area (Å²) in [6.07, 6.45) is 10.2. The van der Waals surface area contributed by atoms with Crippen molar-refractivity contribution in [3.8, 4) is 0 Å². The number of nitrogens with zero attached hydrogens (tertiary/aromatic N) is 2. The molecule has 2 atom stereocenters. The van der Waals surface area contributed by atoms with Crippen LogP contribution in [0.15, 0.2) is 6.20 Å². The van der Waals surface area contributed by atoms with Crippen LogP contribution in [0.1, 0.15) is 61.7 Å². The molecule has 0 aromatic carbocycles. The van der Waals surface area contributed by atoms with Crippen LogP contribution in [0, 0.1) is 0 Å². The van der Waals surface area contributed by atoms with Crippen molar-refractivity contribution < 1.29 is 14.3 Å². The number of nitrogens with two attached hydrogens (primary N) is 1. The largest absolute Gasteiger partial charge is 0.381 e. The zero-order valence-corrected chi connectivity index (χ0v) is 16.2. The first-order valence-corrected chi connectivity index (χ1v) is 9.84. The average molecular weight is 377 g/mol. The number of hydrogen-bond donors (Lipinski definition) is 3. The molecule has 0 aliphatic heterocycles. The van der Waals surface area contributed by atoms with Crippen LogP contribution in [-0.4, -0.2) is 54.4 Å². The standard InChI is InChI=1S/C19H31N5O3/c1-26-14-8-6-12(7-9-14)23-19-21-11-16(17(20)25)18(24-19)22-13-4-3-5-15(10-13)27-2/h11-15H,3-10H2,1-2H3,(H2,20,25)(H2,21,22,23,24)/t12-,13-,14-,15+/m1/s1. The van der Waals surface area contributed by atoms with Gasteiger partial charge in [0.25, 0.3) is 5.91 Å². The molecule has 1 heterocycles. The number of anilines is 2. The lowest BCUT2D eigenvalue weighted by atomic mass is 9.92. The molecule has 1 aromatic rings. The second kappa shape index (κ2) is 9.32. The van der Waals surface area contributed by atoms with Gasteiger partial charge in [0.1, 0.15) is 5.82 Å². The van der Waals surface area contributed by atoms with Crippen molar-refractivity contribution in [3.05, 3.63) is 11.8 Å². The van der Waals surface area contributed by atoms with Crippen LogP contribution in [-0.2, 0) is 9.47 Å². The molecule has 8 heteroatoms. The number of carbonyl (C=O) groups is 1. The first-order chi connectivity index (χ1) is 13.1. The Labute approximate surface area is 160 Å². The molecule has 0 spiro atoms. The zero-order valence-electron chi connectivity index (χ0n) is 16.2. The molecule has 1 amide bonds. The maximum absolute atomic E-state index is 11.8. The van der Waals surface area contributed by atoms with E-state index in [-0.39, 0.29) is 12.1 Å². The molecule has 2 aliphatic carbocycles. The van der Waals surface area contributed by atoms with Crippen LogP contribution in [0.5, 0.6) is 0 Å². The fraction of sp³-hybridized carbons (Fsp3) is 0.737. The second-order valence-corrected chi connectivity index (χ2v) is 7.54. The SMILES string of the molecule is CO[C@H]1CCC[C@@H](Nc2nc(N[C@H]3CC[C@H](OC)CC3)ncc2C(N)=O)C1. The van der Waals surface area contributed by atoms with Gasteiger partial charge in [0.05, 0.1) is 17.8 Å². The normalized spacial score (nSPS) is 28.5. The molecule has 3 rings (SSSR count). The van der Waals surface area contributed by atoms with Gasteiger partial charge in [0.2, 0.25) is 5.95 Å². The number of rotatable bonds is 7. The highest BCUT2D eigenvalue weighted by Crippen LogP contribution is 2.26. The predicted molar refractivity (Wildman–Crippen MR) is 104 cm³/mol. The monoisotopic (exact) mass is 377 g/mol. The van der Waals surface area contributed by atoms with Crippen molar-refractivity contribution in [3.63, 3.8) is 0 Å². The van der Waals surface area contributed by atoms with Crippen molar-refractivity contribution in [2.45, 2.75) is 75.7 Å². The van der Waals surface area contributed by atoms with Crippen LogP contribution in [0.3, 0.4) is 0 Å². The number of methoxy groups -OCH3 is 2. The summed E-state index contributed by atoms with van der Waals surface area (Å²) < 4.78 is 10.9. The van der Waals surface area contributed by atoms with Gasteiger partial charge in [-0.1, -0.05) is 0 Å². The lowest BCUT2D eigenvalue weighted by molar-refractivity contribution is 0.0668. The molecule has 150 valence electrons. The van der Waals surface area contributed by atoms with Gasteiger partial charge in [-0.2, -0.15) is 4.98 Å². The summed E-state index contributed by atoms with van der Waals surface area (Å²) in [7, 11) is 3.51. The summed E-state index contributed by atoms with van der Waals surface area (Å²) >= 11 is 0. The topological polar surface area (TPSA) is 111 Å². The number of primary amides is 1. The molecule has 1 aromatic heterocycles. The minimum absolute atomic E-state index is 0.210. The van der Waals surface area contributed by atoms with Gasteiger partial charge in [-0.15, -0.1) is 0 Å². The molecule has 2 fully saturated rings. The summed E-state index contributed by atoms with van der Waals surface area (Å²) in [5.74, 6) is 0.513. The Morgan fingerprint density at radius 2 is 1.78 bits per heavy atom. The van der Waals surface area contributed by atoms with Gasteiger partial charge in [0.15, 0.2) is 0 Å². The van der Waals surface area contributed by atoms with E-state index in [1.54, 1.807) is 14.2 Å². The molecule has 2 aliphatic rings. The molecule has 0 bridgehead atoms. The van der Waals surface area contributed by atoms with Gasteiger partial charge in [-0.3, -0.25) is 4.79 Å². The lowest BCUT2D eigenvalue weighted by Gasteiger charge is -2.30. The van der Waals surface area contributed by atoms with Crippen LogP contribution >= 0.6 is 0 Å². The molecule has 0 unspecified atom stereocenters. The Balaban J connectivity index is 1.68. The van der Waals surface area contributed by atoms with Gasteiger partial charge in [0, 0.05) is 32.5 Å². The van der Waals surface area contributed by atoms with Gasteiger partial charge >= 0.3 is 0 Å². The van der Waals surface area contributed by atoms with Crippen LogP contribution in [0.2, 0.25) is 0 Å². The number of ether oxygens (including phenoxy) is 2.